The second-order valence-corrected chi connectivity index (χ2v) is 18.5. The number of aliphatic hydroxyl groups is 1. The predicted octanol–water partition coefficient (Wildman–Crippen LogP) is 0.153. The maximum Gasteiger partial charge on any atom is 0.243 e. The zero-order chi connectivity index (χ0) is 61.1. The quantitative estimate of drug-likeness (QED) is 0.0506. The van der Waals surface area contributed by atoms with E-state index in [-0.39, 0.29) is 44.5 Å². The topological polar surface area (TPSA) is 304 Å². The van der Waals surface area contributed by atoms with Gasteiger partial charge in [-0.05, 0) is 23.6 Å². The van der Waals surface area contributed by atoms with Gasteiger partial charge in [0.05, 0.1) is 272 Å². The van der Waals surface area contributed by atoms with E-state index < -0.39 is 17.9 Å². The van der Waals surface area contributed by atoms with Crippen molar-refractivity contribution in [2.45, 2.75) is 52.9 Å². The van der Waals surface area contributed by atoms with Crippen LogP contribution in [0.1, 0.15) is 37.6 Å². The summed E-state index contributed by atoms with van der Waals surface area (Å²) in [6.07, 6.45) is 2.07. The normalized spacial score (nSPS) is 11.9. The predicted molar refractivity (Wildman–Crippen MR) is 310 cm³/mol. The molecule has 85 heavy (non-hydrogen) atoms. The number of carbonyl (C=O) groups is 3. The number of nitrogens with zero attached hydrogens (tertiary/aromatic N) is 3. The maximum atomic E-state index is 12.6. The molecule has 0 spiro atoms. The Morgan fingerprint density at radius 2 is 0.847 bits per heavy atom. The minimum atomic E-state index is -0.743. The number of hydrogen-bond acceptors (Lipinski definition) is 24. The highest BCUT2D eigenvalue weighted by Crippen LogP contribution is 2.18. The Kier molecular flexibility index (Phi) is 52.5. The summed E-state index contributed by atoms with van der Waals surface area (Å²) in [6.45, 7) is 21.4. The van der Waals surface area contributed by atoms with Gasteiger partial charge in [-0.3, -0.25) is 14.4 Å². The Labute approximate surface area is 503 Å². The monoisotopic (exact) mass is 1220 g/mol. The van der Waals surface area contributed by atoms with Crippen LogP contribution in [0.2, 0.25) is 0 Å². The van der Waals surface area contributed by atoms with Crippen LogP contribution < -0.4 is 16.0 Å². The van der Waals surface area contributed by atoms with E-state index in [4.69, 9.17) is 98.2 Å². The van der Waals surface area contributed by atoms with Gasteiger partial charge in [0.25, 0.3) is 0 Å². The first-order valence-corrected chi connectivity index (χ1v) is 29.3. The van der Waals surface area contributed by atoms with Gasteiger partial charge in [0.2, 0.25) is 17.7 Å². The summed E-state index contributed by atoms with van der Waals surface area (Å²) in [5.41, 5.74) is 2.81. The van der Waals surface area contributed by atoms with Gasteiger partial charge in [-0.15, -0.1) is 5.10 Å². The fourth-order valence-electron chi connectivity index (χ4n) is 6.90. The molecule has 0 fully saturated rings. The first-order valence-electron chi connectivity index (χ1n) is 29.3. The van der Waals surface area contributed by atoms with E-state index >= 15 is 0 Å². The number of benzene rings is 1. The summed E-state index contributed by atoms with van der Waals surface area (Å²) in [5, 5.41) is 24.9. The molecular weight excluding hydrogens is 1120 g/mol. The number of ether oxygens (including phenoxy) is 18. The molecule has 0 saturated heterocycles. The van der Waals surface area contributed by atoms with Crippen LogP contribution in [0.15, 0.2) is 24.4 Å². The van der Waals surface area contributed by atoms with Crippen LogP contribution >= 0.6 is 0 Å². The van der Waals surface area contributed by atoms with E-state index in [0.29, 0.717) is 243 Å². The van der Waals surface area contributed by atoms with Crippen LogP contribution in [0.25, 0.3) is 0 Å². The Bertz CT molecular complexity index is 1870. The smallest absolute Gasteiger partial charge is 0.243 e. The number of nitrogens with one attached hydrogen (secondary N) is 3. The van der Waals surface area contributed by atoms with Gasteiger partial charge in [0.15, 0.2) is 0 Å². The van der Waals surface area contributed by atoms with Crippen molar-refractivity contribution in [1.29, 1.82) is 0 Å². The third kappa shape index (κ3) is 47.8. The van der Waals surface area contributed by atoms with E-state index in [1.165, 1.54) is 6.92 Å². The summed E-state index contributed by atoms with van der Waals surface area (Å²) < 4.78 is 101. The van der Waals surface area contributed by atoms with E-state index in [9.17, 15) is 14.4 Å². The second kappa shape index (κ2) is 57.8. The molecule has 0 aliphatic rings. The molecular formula is C56H99BN6O22. The highest BCUT2D eigenvalue weighted by Gasteiger charge is 2.23. The number of amides is 3. The minimum absolute atomic E-state index is 0.0144. The van der Waals surface area contributed by atoms with E-state index in [1.54, 1.807) is 23.0 Å². The standard InChI is InChI=1S/C56H99BN6O22/c1-48(2)55(59-49(3)65)56(67)58-44-54(66)60-52-5-4-50(43-57)51(42-52)46-85-47-53-45-63(62-61-53)6-8-68-10-12-70-14-16-72-18-20-74-22-24-76-26-28-78-30-32-80-34-36-82-38-40-84-41-39-83-37-35-81-33-31-79-29-27-77-25-23-75-21-19-73-17-15-71-13-11-69-9-7-64/h4-5,42,45,48,55,64H,6-41,43-44,46-47H2,1-3H3,(H,58,67)(H,59,65)(H,60,66)/t55-/m0/s1. The largest absolute Gasteiger partial charge is 0.394 e. The van der Waals surface area contributed by atoms with Crippen LogP contribution in [-0.2, 0) is 126 Å². The van der Waals surface area contributed by atoms with Gasteiger partial charge in [0, 0.05) is 12.6 Å². The maximum absolute atomic E-state index is 12.6. The third-order valence-corrected chi connectivity index (χ3v) is 11.2. The molecule has 2 radical (unpaired) electrons. The summed E-state index contributed by atoms with van der Waals surface area (Å²) in [6, 6.07) is 4.57. The number of aromatic nitrogens is 3. The van der Waals surface area contributed by atoms with Crippen molar-refractivity contribution < 1.29 is 105 Å². The van der Waals surface area contributed by atoms with E-state index in [1.807, 2.05) is 19.9 Å². The lowest BCUT2D eigenvalue weighted by atomic mass is 9.93. The number of rotatable bonds is 64. The first-order chi connectivity index (χ1) is 41.7. The van der Waals surface area contributed by atoms with Crippen LogP contribution in [-0.4, -0.2) is 289 Å². The van der Waals surface area contributed by atoms with Crippen molar-refractivity contribution in [3.05, 3.63) is 41.2 Å². The highest BCUT2D eigenvalue weighted by molar-refractivity contribution is 6.08. The van der Waals surface area contributed by atoms with Crippen molar-refractivity contribution in [3.8, 4) is 0 Å². The molecule has 1 heterocycles. The number of hydrogen-bond donors (Lipinski definition) is 4. The molecule has 2 rings (SSSR count). The van der Waals surface area contributed by atoms with E-state index in [0.717, 1.165) is 11.1 Å². The fraction of sp³-hybridized carbons (Fsp3) is 0.804. The van der Waals surface area contributed by atoms with Crippen LogP contribution in [0, 0.1) is 5.92 Å². The molecule has 488 valence electrons. The second-order valence-electron chi connectivity index (χ2n) is 18.5. The molecule has 28 nitrogen and oxygen atoms in total. The minimum Gasteiger partial charge on any atom is -0.394 e. The molecule has 1 aromatic heterocycles. The summed E-state index contributed by atoms with van der Waals surface area (Å²) in [4.78, 5) is 36.6. The van der Waals surface area contributed by atoms with Gasteiger partial charge in [-0.2, -0.15) is 0 Å². The SMILES string of the molecule is [B]Cc1ccc(NC(=O)CNC(=O)[C@@H](NC(C)=O)C(C)C)cc1COCc1cn(CCOCCOCCOCCOCCOCCOCCOCCOCCOCCOCCOCCOCCOCCOCCOCCOCCOCCO)nn1. The molecule has 29 heteroatoms. The van der Waals surface area contributed by atoms with Gasteiger partial charge in [0.1, 0.15) is 11.7 Å². The fourth-order valence-corrected chi connectivity index (χ4v) is 6.90. The third-order valence-electron chi connectivity index (χ3n) is 11.2. The number of aliphatic hydroxyl groups excluding tert-OH is 1. The molecule has 1 atom stereocenters. The lowest BCUT2D eigenvalue weighted by Gasteiger charge is -2.20. The number of anilines is 1. The Hall–Kier alpha value is -3.93. The van der Waals surface area contributed by atoms with E-state index in [2.05, 4.69) is 26.3 Å². The van der Waals surface area contributed by atoms with Crippen molar-refractivity contribution in [2.24, 2.45) is 5.92 Å². The van der Waals surface area contributed by atoms with Crippen molar-refractivity contribution in [1.82, 2.24) is 25.6 Å². The number of carbonyl (C=O) groups excluding carboxylic acids is 3. The average Bonchev–Trinajstić information content (AvgIpc) is 4.06. The molecule has 0 unspecified atom stereocenters. The van der Waals surface area contributed by atoms with Crippen molar-refractivity contribution >= 4 is 31.3 Å². The Morgan fingerprint density at radius 1 is 0.494 bits per heavy atom. The first kappa shape index (κ1) is 77.2. The molecule has 0 bridgehead atoms. The Morgan fingerprint density at radius 3 is 1.18 bits per heavy atom. The molecule has 3 amide bonds. The van der Waals surface area contributed by atoms with Crippen molar-refractivity contribution in [2.75, 3.05) is 243 Å². The lowest BCUT2D eigenvalue weighted by Crippen LogP contribution is -2.50. The van der Waals surface area contributed by atoms with Crippen LogP contribution in [0.3, 0.4) is 0 Å². The Balaban J connectivity index is 1.24. The molecule has 2 aromatic rings. The van der Waals surface area contributed by atoms with Gasteiger partial charge < -0.3 is 106 Å². The summed E-state index contributed by atoms with van der Waals surface area (Å²) in [5.74, 6) is -1.34. The van der Waals surface area contributed by atoms with Gasteiger partial charge >= 0.3 is 0 Å². The van der Waals surface area contributed by atoms with Gasteiger partial charge in [-0.25, -0.2) is 4.68 Å². The zero-order valence-electron chi connectivity index (χ0n) is 50.7. The molecule has 1 aromatic carbocycles. The molecule has 4 N–H and O–H groups in total. The average molecular weight is 1220 g/mol. The molecule has 0 saturated carbocycles. The highest BCUT2D eigenvalue weighted by atomic mass is 16.6. The summed E-state index contributed by atoms with van der Waals surface area (Å²) in [7, 11) is 5.94. The van der Waals surface area contributed by atoms with Crippen LogP contribution in [0.4, 0.5) is 5.69 Å². The van der Waals surface area contributed by atoms with Crippen LogP contribution in [0.5, 0.6) is 0 Å². The summed E-state index contributed by atoms with van der Waals surface area (Å²) >= 11 is 0. The van der Waals surface area contributed by atoms with Gasteiger partial charge in [-0.1, -0.05) is 37.0 Å². The zero-order valence-corrected chi connectivity index (χ0v) is 50.7. The molecule has 0 aliphatic heterocycles. The van der Waals surface area contributed by atoms with Crippen molar-refractivity contribution in [3.63, 3.8) is 0 Å². The lowest BCUT2D eigenvalue weighted by molar-refractivity contribution is -0.130. The molecule has 0 aliphatic carbocycles.